The van der Waals surface area contributed by atoms with Gasteiger partial charge in [0, 0.05) is 24.8 Å². The van der Waals surface area contributed by atoms with Crippen molar-refractivity contribution in [3.05, 3.63) is 52.3 Å². The highest BCUT2D eigenvalue weighted by molar-refractivity contribution is 6.09. The maximum absolute atomic E-state index is 13.4. The quantitative estimate of drug-likeness (QED) is 0.0979. The first-order valence-corrected chi connectivity index (χ1v) is 12.8. The summed E-state index contributed by atoms with van der Waals surface area (Å²) in [4.78, 5) is 73.2. The molecule has 2 rings (SSSR count). The zero-order chi connectivity index (χ0) is 30.5. The van der Waals surface area contributed by atoms with Crippen molar-refractivity contribution < 1.29 is 33.4 Å². The number of hydrogen-bond donors (Lipinski definition) is 4. The van der Waals surface area contributed by atoms with Crippen molar-refractivity contribution in [1.82, 2.24) is 20.5 Å². The lowest BCUT2D eigenvalue weighted by Gasteiger charge is -2.20. The van der Waals surface area contributed by atoms with Gasteiger partial charge in [-0.1, -0.05) is 13.0 Å². The molecule has 14 nitrogen and oxygen atoms in total. The lowest BCUT2D eigenvalue weighted by molar-refractivity contribution is -0.154. The predicted molar refractivity (Wildman–Crippen MR) is 151 cm³/mol. The number of imide groups is 1. The van der Waals surface area contributed by atoms with Crippen LogP contribution in [0.25, 0.3) is 0 Å². The fourth-order valence-corrected chi connectivity index (χ4v) is 3.57. The SMILES string of the molecule is CCCN(C(=O)OCOC(=O)C(C)NC=O)C(=O)c1c[nH]c(C(N=CN)=Nc2cc(C(=O)NCC)ccc2C)c1C. The van der Waals surface area contributed by atoms with Crippen LogP contribution < -0.4 is 16.4 Å². The van der Waals surface area contributed by atoms with Gasteiger partial charge in [-0.2, -0.15) is 0 Å². The van der Waals surface area contributed by atoms with Crippen molar-refractivity contribution in [1.29, 1.82) is 0 Å². The number of aromatic amines is 1. The van der Waals surface area contributed by atoms with Crippen LogP contribution in [-0.2, 0) is 19.1 Å². The molecule has 0 saturated heterocycles. The van der Waals surface area contributed by atoms with Crippen molar-refractivity contribution in [3.63, 3.8) is 0 Å². The number of carbonyl (C=O) groups is 5. The molecule has 5 N–H and O–H groups in total. The average Bonchev–Trinajstić information content (AvgIpc) is 3.33. The number of rotatable bonds is 12. The molecule has 0 aliphatic heterocycles. The van der Waals surface area contributed by atoms with E-state index in [0.717, 1.165) is 16.8 Å². The number of aliphatic imine (C=N–C) groups is 2. The Morgan fingerprint density at radius 1 is 1.17 bits per heavy atom. The molecule has 1 unspecified atom stereocenters. The Bertz CT molecular complexity index is 1330. The van der Waals surface area contributed by atoms with Crippen LogP contribution in [0.5, 0.6) is 0 Å². The molecule has 0 fully saturated rings. The van der Waals surface area contributed by atoms with Crippen LogP contribution >= 0.6 is 0 Å². The number of H-pyrrole nitrogens is 1. The molecular weight excluding hydrogens is 534 g/mol. The zero-order valence-corrected chi connectivity index (χ0v) is 23.6. The number of amides is 4. The normalized spacial score (nSPS) is 12.0. The molecule has 0 aliphatic rings. The number of nitrogens with two attached hydrogens (primary N) is 1. The van der Waals surface area contributed by atoms with Crippen LogP contribution in [0.2, 0.25) is 0 Å². The monoisotopic (exact) mass is 569 g/mol. The Hall–Kier alpha value is -5.01. The topological polar surface area (TPSA) is 198 Å². The van der Waals surface area contributed by atoms with Crippen molar-refractivity contribution >= 4 is 48.1 Å². The lowest BCUT2D eigenvalue weighted by Crippen LogP contribution is -2.39. The summed E-state index contributed by atoms with van der Waals surface area (Å²) in [6, 6.07) is 4.13. The first-order valence-electron chi connectivity index (χ1n) is 12.8. The second-order valence-electron chi connectivity index (χ2n) is 8.73. The van der Waals surface area contributed by atoms with Crippen LogP contribution in [-0.4, -0.2) is 78.3 Å². The van der Waals surface area contributed by atoms with E-state index >= 15 is 0 Å². The molecule has 14 heteroatoms. The van der Waals surface area contributed by atoms with Gasteiger partial charge >= 0.3 is 12.1 Å². The second kappa shape index (κ2) is 15.5. The maximum Gasteiger partial charge on any atom is 0.419 e. The number of nitrogens with zero attached hydrogens (tertiary/aromatic N) is 3. The minimum Gasteiger partial charge on any atom is -0.426 e. The fraction of sp³-hybridized carbons (Fsp3) is 0.370. The first kappa shape index (κ1) is 32.2. The summed E-state index contributed by atoms with van der Waals surface area (Å²) in [5, 5.41) is 4.95. The lowest BCUT2D eigenvalue weighted by atomic mass is 10.1. The number of ether oxygens (including phenoxy) is 2. The van der Waals surface area contributed by atoms with Crippen LogP contribution in [0.3, 0.4) is 0 Å². The average molecular weight is 570 g/mol. The smallest absolute Gasteiger partial charge is 0.419 e. The maximum atomic E-state index is 13.4. The standard InChI is InChI=1S/C27H35N7O7/c1-6-10-34(27(39)41-15-40-26(38)18(5)32-14-35)25(37)20-12-30-22(17(20)4)23(31-13-28)33-21-11-19(9-8-16(21)3)24(36)29-7-2/h8-9,11-14,18,30H,6-7,10,15H2,1-5H3,(H,29,36)(H,32,35)(H2,28,31,33). The number of benzene rings is 1. The molecule has 1 atom stereocenters. The van der Waals surface area contributed by atoms with Crippen LogP contribution in [0, 0.1) is 13.8 Å². The molecular formula is C27H35N7O7. The zero-order valence-electron chi connectivity index (χ0n) is 23.6. The summed E-state index contributed by atoms with van der Waals surface area (Å²) in [5.74, 6) is -1.58. The van der Waals surface area contributed by atoms with E-state index in [-0.39, 0.29) is 23.9 Å². The molecule has 0 aliphatic carbocycles. The highest BCUT2D eigenvalue weighted by atomic mass is 16.7. The van der Waals surface area contributed by atoms with Crippen molar-refractivity contribution in [2.75, 3.05) is 19.9 Å². The molecule has 4 amide bonds. The Morgan fingerprint density at radius 2 is 1.90 bits per heavy atom. The van der Waals surface area contributed by atoms with Gasteiger partial charge in [-0.15, -0.1) is 0 Å². The van der Waals surface area contributed by atoms with Gasteiger partial charge in [0.05, 0.1) is 23.3 Å². The number of hydrogen-bond acceptors (Lipinski definition) is 8. The fourth-order valence-electron chi connectivity index (χ4n) is 3.57. The van der Waals surface area contributed by atoms with E-state index in [1.54, 1.807) is 32.0 Å². The minimum absolute atomic E-state index is 0.0301. The number of carbonyl (C=O) groups excluding carboxylic acids is 5. The van der Waals surface area contributed by atoms with Crippen LogP contribution in [0.1, 0.15) is 64.7 Å². The molecule has 0 saturated carbocycles. The highest BCUT2D eigenvalue weighted by Gasteiger charge is 2.28. The summed E-state index contributed by atoms with van der Waals surface area (Å²) in [5.41, 5.74) is 8.20. The molecule has 0 bridgehead atoms. The number of nitrogens with one attached hydrogen (secondary N) is 3. The second-order valence-corrected chi connectivity index (χ2v) is 8.73. The van der Waals surface area contributed by atoms with Gasteiger partial charge in [0.2, 0.25) is 13.2 Å². The van der Waals surface area contributed by atoms with Crippen molar-refractivity contribution in [3.8, 4) is 0 Å². The predicted octanol–water partition coefficient (Wildman–Crippen LogP) is 2.07. The van der Waals surface area contributed by atoms with E-state index in [1.807, 2.05) is 13.8 Å². The van der Waals surface area contributed by atoms with Gasteiger partial charge in [0.15, 0.2) is 5.84 Å². The summed E-state index contributed by atoms with van der Waals surface area (Å²) >= 11 is 0. The third-order valence-corrected chi connectivity index (χ3v) is 5.79. The summed E-state index contributed by atoms with van der Waals surface area (Å²) in [6.45, 7) is 8.21. The third-order valence-electron chi connectivity index (χ3n) is 5.79. The van der Waals surface area contributed by atoms with Crippen LogP contribution in [0.4, 0.5) is 10.5 Å². The van der Waals surface area contributed by atoms with Gasteiger partial charge in [-0.05, 0) is 57.4 Å². The highest BCUT2D eigenvalue weighted by Crippen LogP contribution is 2.24. The molecule has 1 aromatic carbocycles. The Kier molecular flexibility index (Phi) is 12.2. The van der Waals surface area contributed by atoms with Gasteiger partial charge in [0.25, 0.3) is 11.8 Å². The Labute approximate surface area is 237 Å². The van der Waals surface area contributed by atoms with Gasteiger partial charge in [-0.3, -0.25) is 14.4 Å². The molecule has 2 aromatic rings. The molecule has 1 aromatic heterocycles. The number of amidine groups is 1. The summed E-state index contributed by atoms with van der Waals surface area (Å²) < 4.78 is 9.79. The number of aromatic nitrogens is 1. The van der Waals surface area contributed by atoms with Gasteiger partial charge in [-0.25, -0.2) is 24.5 Å². The molecule has 1 heterocycles. The van der Waals surface area contributed by atoms with Crippen LogP contribution in [0.15, 0.2) is 34.4 Å². The van der Waals surface area contributed by atoms with E-state index in [0.29, 0.717) is 41.9 Å². The summed E-state index contributed by atoms with van der Waals surface area (Å²) in [6.07, 6.45) is 2.22. The van der Waals surface area contributed by atoms with E-state index in [1.165, 1.54) is 13.1 Å². The van der Waals surface area contributed by atoms with E-state index in [4.69, 9.17) is 15.2 Å². The van der Waals surface area contributed by atoms with E-state index < -0.39 is 30.8 Å². The molecule has 220 valence electrons. The van der Waals surface area contributed by atoms with E-state index in [2.05, 4.69) is 25.6 Å². The van der Waals surface area contributed by atoms with Gasteiger partial charge in [0.1, 0.15) is 6.04 Å². The molecule has 41 heavy (non-hydrogen) atoms. The Balaban J connectivity index is 2.33. The first-order chi connectivity index (χ1) is 19.6. The summed E-state index contributed by atoms with van der Waals surface area (Å²) in [7, 11) is 0. The van der Waals surface area contributed by atoms with Gasteiger partial charge < -0.3 is 30.8 Å². The van der Waals surface area contributed by atoms with Crippen molar-refractivity contribution in [2.45, 2.75) is 47.1 Å². The van der Waals surface area contributed by atoms with E-state index in [9.17, 15) is 24.0 Å². The number of aryl methyl sites for hydroxylation is 1. The Morgan fingerprint density at radius 3 is 2.54 bits per heavy atom. The third kappa shape index (κ3) is 8.49. The van der Waals surface area contributed by atoms with Crippen molar-refractivity contribution in [2.24, 2.45) is 15.7 Å². The molecule has 0 radical (unpaired) electrons. The molecule has 0 spiro atoms. The number of esters is 1. The minimum atomic E-state index is -1.02. The largest absolute Gasteiger partial charge is 0.426 e.